The first-order valence-corrected chi connectivity index (χ1v) is 8.68. The molecule has 6 heteroatoms. The molecule has 3 aromatic rings. The van der Waals surface area contributed by atoms with E-state index >= 15 is 0 Å². The van der Waals surface area contributed by atoms with Crippen molar-refractivity contribution in [2.24, 2.45) is 0 Å². The normalized spacial score (nSPS) is 10.4. The van der Waals surface area contributed by atoms with Gasteiger partial charge in [0.1, 0.15) is 29.0 Å². The smallest absolute Gasteiger partial charge is 0.142 e. The van der Waals surface area contributed by atoms with E-state index in [-0.39, 0.29) is 0 Å². The summed E-state index contributed by atoms with van der Waals surface area (Å²) < 4.78 is 10.7. The molecule has 0 aliphatic carbocycles. The van der Waals surface area contributed by atoms with Crippen LogP contribution in [0.25, 0.3) is 0 Å². The van der Waals surface area contributed by atoms with Crippen molar-refractivity contribution in [2.45, 2.75) is 20.8 Å². The average Bonchev–Trinajstić information content (AvgIpc) is 2.64. The molecule has 0 saturated carbocycles. The predicted octanol–water partition coefficient (Wildman–Crippen LogP) is 4.91. The largest absolute Gasteiger partial charge is 0.497 e. The Kier molecular flexibility index (Phi) is 5.45. The van der Waals surface area contributed by atoms with E-state index in [0.717, 1.165) is 34.1 Å². The van der Waals surface area contributed by atoms with E-state index in [1.165, 1.54) is 0 Å². The minimum Gasteiger partial charge on any atom is -0.497 e. The van der Waals surface area contributed by atoms with E-state index in [0.29, 0.717) is 17.4 Å². The molecule has 0 unspecified atom stereocenters. The predicted molar refractivity (Wildman–Crippen MR) is 109 cm³/mol. The first-order valence-electron chi connectivity index (χ1n) is 8.68. The van der Waals surface area contributed by atoms with Crippen LogP contribution in [0, 0.1) is 20.8 Å². The number of hydrogen-bond donors (Lipinski definition) is 2. The van der Waals surface area contributed by atoms with Crippen LogP contribution in [-0.4, -0.2) is 24.2 Å². The number of hydrogen-bond acceptors (Lipinski definition) is 6. The lowest BCUT2D eigenvalue weighted by atomic mass is 10.1. The molecule has 0 saturated heterocycles. The SMILES string of the molecule is COc1ccc(OC)c(Nc2cc(Nc3c(C)cccc3C)nc(C)n2)c1. The van der Waals surface area contributed by atoms with Gasteiger partial charge in [0, 0.05) is 17.8 Å². The molecule has 2 N–H and O–H groups in total. The number of benzene rings is 2. The van der Waals surface area contributed by atoms with Gasteiger partial charge in [0.25, 0.3) is 0 Å². The number of nitrogens with one attached hydrogen (secondary N) is 2. The van der Waals surface area contributed by atoms with Crippen molar-refractivity contribution in [1.82, 2.24) is 9.97 Å². The monoisotopic (exact) mass is 364 g/mol. The van der Waals surface area contributed by atoms with Gasteiger partial charge in [-0.15, -0.1) is 0 Å². The Hall–Kier alpha value is -3.28. The average molecular weight is 364 g/mol. The zero-order valence-electron chi connectivity index (χ0n) is 16.3. The molecule has 0 aliphatic heterocycles. The molecule has 0 amide bonds. The molecule has 0 atom stereocenters. The van der Waals surface area contributed by atoms with Crippen LogP contribution in [0.5, 0.6) is 11.5 Å². The van der Waals surface area contributed by atoms with Crippen molar-refractivity contribution in [3.63, 3.8) is 0 Å². The minimum atomic E-state index is 0.663. The summed E-state index contributed by atoms with van der Waals surface area (Å²) >= 11 is 0. The Labute approximate surface area is 159 Å². The third kappa shape index (κ3) is 4.28. The van der Waals surface area contributed by atoms with Crippen molar-refractivity contribution >= 4 is 23.0 Å². The number of para-hydroxylation sites is 1. The summed E-state index contributed by atoms with van der Waals surface area (Å²) in [4.78, 5) is 9.00. The quantitative estimate of drug-likeness (QED) is 0.648. The molecular weight excluding hydrogens is 340 g/mol. The Morgan fingerprint density at radius 3 is 2.07 bits per heavy atom. The van der Waals surface area contributed by atoms with Crippen LogP contribution in [0.3, 0.4) is 0 Å². The van der Waals surface area contributed by atoms with Crippen LogP contribution in [0.1, 0.15) is 17.0 Å². The summed E-state index contributed by atoms with van der Waals surface area (Å²) in [6.07, 6.45) is 0. The summed E-state index contributed by atoms with van der Waals surface area (Å²) in [6, 6.07) is 13.6. The zero-order chi connectivity index (χ0) is 19.4. The van der Waals surface area contributed by atoms with E-state index in [1.807, 2.05) is 37.3 Å². The van der Waals surface area contributed by atoms with Gasteiger partial charge in [-0.3, -0.25) is 0 Å². The van der Waals surface area contributed by atoms with Crippen molar-refractivity contribution < 1.29 is 9.47 Å². The highest BCUT2D eigenvalue weighted by Crippen LogP contribution is 2.32. The lowest BCUT2D eigenvalue weighted by Gasteiger charge is -2.15. The highest BCUT2D eigenvalue weighted by Gasteiger charge is 2.10. The maximum atomic E-state index is 5.43. The second-order valence-corrected chi connectivity index (χ2v) is 6.27. The second kappa shape index (κ2) is 7.95. The third-order valence-corrected chi connectivity index (χ3v) is 4.24. The summed E-state index contributed by atoms with van der Waals surface area (Å²) in [5.74, 6) is 3.50. The first-order chi connectivity index (χ1) is 13.0. The van der Waals surface area contributed by atoms with Gasteiger partial charge in [-0.25, -0.2) is 9.97 Å². The van der Waals surface area contributed by atoms with Crippen LogP contribution < -0.4 is 20.1 Å². The van der Waals surface area contributed by atoms with Crippen molar-refractivity contribution in [3.05, 3.63) is 59.4 Å². The molecule has 1 aromatic heterocycles. The van der Waals surface area contributed by atoms with Gasteiger partial charge in [-0.05, 0) is 44.0 Å². The van der Waals surface area contributed by atoms with E-state index in [9.17, 15) is 0 Å². The van der Waals surface area contributed by atoms with Gasteiger partial charge in [0.15, 0.2) is 0 Å². The van der Waals surface area contributed by atoms with Crippen molar-refractivity contribution in [1.29, 1.82) is 0 Å². The van der Waals surface area contributed by atoms with Crippen LogP contribution >= 0.6 is 0 Å². The Morgan fingerprint density at radius 2 is 1.44 bits per heavy atom. The lowest BCUT2D eigenvalue weighted by Crippen LogP contribution is -2.04. The Balaban J connectivity index is 1.92. The maximum absolute atomic E-state index is 5.43. The number of methoxy groups -OCH3 is 2. The van der Waals surface area contributed by atoms with Crippen LogP contribution in [0.4, 0.5) is 23.0 Å². The molecule has 0 radical (unpaired) electrons. The Bertz CT molecular complexity index is 937. The number of nitrogens with zero attached hydrogens (tertiary/aromatic N) is 2. The molecule has 0 spiro atoms. The fourth-order valence-corrected chi connectivity index (χ4v) is 2.89. The van der Waals surface area contributed by atoms with E-state index in [2.05, 4.69) is 46.6 Å². The summed E-state index contributed by atoms with van der Waals surface area (Å²) in [5.41, 5.74) is 4.15. The summed E-state index contributed by atoms with van der Waals surface area (Å²) in [7, 11) is 3.26. The Morgan fingerprint density at radius 1 is 0.778 bits per heavy atom. The van der Waals surface area contributed by atoms with Gasteiger partial charge in [-0.2, -0.15) is 0 Å². The van der Waals surface area contributed by atoms with Gasteiger partial charge in [0.05, 0.1) is 19.9 Å². The van der Waals surface area contributed by atoms with E-state index in [4.69, 9.17) is 9.47 Å². The first kappa shape index (κ1) is 18.5. The van der Waals surface area contributed by atoms with Crippen LogP contribution in [-0.2, 0) is 0 Å². The lowest BCUT2D eigenvalue weighted by molar-refractivity contribution is 0.405. The van der Waals surface area contributed by atoms with Gasteiger partial charge >= 0.3 is 0 Å². The topological polar surface area (TPSA) is 68.3 Å². The molecule has 140 valence electrons. The fraction of sp³-hybridized carbons (Fsp3) is 0.238. The molecule has 27 heavy (non-hydrogen) atoms. The molecule has 1 heterocycles. The maximum Gasteiger partial charge on any atom is 0.142 e. The number of aromatic nitrogens is 2. The van der Waals surface area contributed by atoms with Crippen LogP contribution in [0.15, 0.2) is 42.5 Å². The summed E-state index contributed by atoms with van der Waals surface area (Å²) in [5, 5.41) is 6.71. The fourth-order valence-electron chi connectivity index (χ4n) is 2.89. The van der Waals surface area contributed by atoms with Crippen LogP contribution in [0.2, 0.25) is 0 Å². The van der Waals surface area contributed by atoms with Gasteiger partial charge in [-0.1, -0.05) is 18.2 Å². The standard InChI is InChI=1S/C21H24N4O2/c1-13-7-6-8-14(2)21(13)25-20-12-19(22-15(3)23-20)24-17-11-16(26-4)9-10-18(17)27-5/h6-12H,1-5H3,(H2,22,23,24,25). The second-order valence-electron chi connectivity index (χ2n) is 6.27. The van der Waals surface area contributed by atoms with E-state index in [1.54, 1.807) is 14.2 Å². The van der Waals surface area contributed by atoms with E-state index < -0.39 is 0 Å². The number of ether oxygens (including phenoxy) is 2. The number of aryl methyl sites for hydroxylation is 3. The highest BCUT2D eigenvalue weighted by molar-refractivity contribution is 5.70. The van der Waals surface area contributed by atoms with Gasteiger partial charge < -0.3 is 20.1 Å². The molecule has 0 aliphatic rings. The van der Waals surface area contributed by atoms with Gasteiger partial charge in [0.2, 0.25) is 0 Å². The van der Waals surface area contributed by atoms with Crippen molar-refractivity contribution in [2.75, 3.05) is 24.9 Å². The van der Waals surface area contributed by atoms with Crippen molar-refractivity contribution in [3.8, 4) is 11.5 Å². The molecule has 2 aromatic carbocycles. The molecule has 0 fully saturated rings. The molecule has 0 bridgehead atoms. The molecular formula is C21H24N4O2. The highest BCUT2D eigenvalue weighted by atomic mass is 16.5. The number of rotatable bonds is 6. The molecule has 3 rings (SSSR count). The zero-order valence-corrected chi connectivity index (χ0v) is 16.3. The third-order valence-electron chi connectivity index (χ3n) is 4.24. The number of anilines is 4. The summed E-state index contributed by atoms with van der Waals surface area (Å²) in [6.45, 7) is 6.01. The molecule has 6 nitrogen and oxygen atoms in total. The minimum absolute atomic E-state index is 0.663.